The first kappa shape index (κ1) is 15.2. The molecule has 1 aliphatic rings. The Morgan fingerprint density at radius 2 is 2.10 bits per heavy atom. The molecule has 0 spiro atoms. The van der Waals surface area contributed by atoms with Gasteiger partial charge in [-0.25, -0.2) is 0 Å². The summed E-state index contributed by atoms with van der Waals surface area (Å²) >= 11 is 0. The molecule has 0 aromatic heterocycles. The molecule has 0 N–H and O–H groups in total. The van der Waals surface area contributed by atoms with E-state index in [2.05, 4.69) is 0 Å². The Kier molecular flexibility index (Phi) is 4.37. The number of esters is 1. The van der Waals surface area contributed by atoms with E-state index in [1.807, 2.05) is 0 Å². The zero-order chi connectivity index (χ0) is 15.5. The van der Waals surface area contributed by atoms with Gasteiger partial charge in [0.2, 0.25) is 5.91 Å². The van der Waals surface area contributed by atoms with Crippen LogP contribution < -0.4 is 4.90 Å². The van der Waals surface area contributed by atoms with Crippen molar-refractivity contribution in [1.82, 2.24) is 0 Å². The van der Waals surface area contributed by atoms with E-state index in [0.29, 0.717) is 17.5 Å². The van der Waals surface area contributed by atoms with Gasteiger partial charge in [-0.1, -0.05) is 25.1 Å². The molecule has 6 nitrogen and oxygen atoms in total. The summed E-state index contributed by atoms with van der Waals surface area (Å²) in [6.45, 7) is 1.39. The Bertz CT molecular complexity index is 571. The first-order valence-corrected chi connectivity index (χ1v) is 6.63. The van der Waals surface area contributed by atoms with Gasteiger partial charge >= 0.3 is 5.97 Å². The third-order valence-electron chi connectivity index (χ3n) is 3.51. The zero-order valence-corrected chi connectivity index (χ0v) is 12.0. The van der Waals surface area contributed by atoms with E-state index in [9.17, 15) is 14.4 Å². The van der Waals surface area contributed by atoms with E-state index in [1.165, 1.54) is 12.0 Å². The number of amides is 1. The lowest BCUT2D eigenvalue weighted by Gasteiger charge is -2.22. The number of ether oxygens (including phenoxy) is 2. The third kappa shape index (κ3) is 2.42. The van der Waals surface area contributed by atoms with Crippen molar-refractivity contribution < 1.29 is 23.9 Å². The standard InChI is InChI=1S/C15H17NO5/c1-3-13(18)21-9-15(8-17)11-6-4-5-7-12(11)16(10-20-2)14(15)19/h4-8H,3,9-10H2,1-2H3. The van der Waals surface area contributed by atoms with E-state index < -0.39 is 17.3 Å². The number of para-hydroxylation sites is 1. The fourth-order valence-electron chi connectivity index (χ4n) is 2.39. The first-order chi connectivity index (χ1) is 10.1. The summed E-state index contributed by atoms with van der Waals surface area (Å²) in [5.41, 5.74) is -0.352. The topological polar surface area (TPSA) is 72.9 Å². The third-order valence-corrected chi connectivity index (χ3v) is 3.51. The number of carbonyl (C=O) groups excluding carboxylic acids is 3. The van der Waals surface area contributed by atoms with Gasteiger partial charge in [-0.3, -0.25) is 14.5 Å². The Morgan fingerprint density at radius 3 is 2.71 bits per heavy atom. The average Bonchev–Trinajstić information content (AvgIpc) is 2.75. The van der Waals surface area contributed by atoms with Crippen molar-refractivity contribution in [3.05, 3.63) is 29.8 Å². The summed E-state index contributed by atoms with van der Waals surface area (Å²) in [5.74, 6) is -0.892. The van der Waals surface area contributed by atoms with Gasteiger partial charge in [0.1, 0.15) is 19.6 Å². The second-order valence-corrected chi connectivity index (χ2v) is 4.77. The van der Waals surface area contributed by atoms with Crippen molar-refractivity contribution in [3.63, 3.8) is 0 Å². The molecule has 0 fully saturated rings. The molecular formula is C15H17NO5. The number of hydrogen-bond donors (Lipinski definition) is 0. The summed E-state index contributed by atoms with van der Waals surface area (Å²) in [5, 5.41) is 0. The van der Waals surface area contributed by atoms with Crippen molar-refractivity contribution in [2.45, 2.75) is 18.8 Å². The number of nitrogens with zero attached hydrogens (tertiary/aromatic N) is 1. The van der Waals surface area contributed by atoms with Gasteiger partial charge in [-0.2, -0.15) is 0 Å². The predicted octanol–water partition coefficient (Wildman–Crippen LogP) is 1.03. The van der Waals surface area contributed by atoms with Gasteiger partial charge in [0, 0.05) is 19.1 Å². The van der Waals surface area contributed by atoms with E-state index in [-0.39, 0.29) is 19.8 Å². The van der Waals surface area contributed by atoms with Gasteiger partial charge in [0.25, 0.3) is 0 Å². The van der Waals surface area contributed by atoms with E-state index in [4.69, 9.17) is 9.47 Å². The number of anilines is 1. The minimum Gasteiger partial charge on any atom is -0.464 e. The Hall–Kier alpha value is -2.21. The fraction of sp³-hybridized carbons (Fsp3) is 0.400. The maximum Gasteiger partial charge on any atom is 0.305 e. The van der Waals surface area contributed by atoms with Crippen LogP contribution in [0.5, 0.6) is 0 Å². The second kappa shape index (κ2) is 6.05. The molecule has 1 aromatic rings. The monoisotopic (exact) mass is 291 g/mol. The minimum absolute atomic E-state index is 0.0349. The molecule has 1 atom stereocenters. The van der Waals surface area contributed by atoms with Gasteiger partial charge in [-0.15, -0.1) is 0 Å². The number of benzene rings is 1. The van der Waals surface area contributed by atoms with Crippen LogP contribution in [0.3, 0.4) is 0 Å². The normalized spacial score (nSPS) is 20.3. The molecular weight excluding hydrogens is 274 g/mol. The molecule has 0 bridgehead atoms. The molecule has 1 heterocycles. The van der Waals surface area contributed by atoms with Crippen LogP contribution in [-0.2, 0) is 29.3 Å². The van der Waals surface area contributed by atoms with Gasteiger partial charge < -0.3 is 14.3 Å². The molecule has 6 heteroatoms. The number of fused-ring (bicyclic) bond motifs is 1. The summed E-state index contributed by atoms with van der Waals surface area (Å²) in [6, 6.07) is 6.94. The maximum absolute atomic E-state index is 12.6. The summed E-state index contributed by atoms with van der Waals surface area (Å²) in [6.07, 6.45) is 0.735. The first-order valence-electron chi connectivity index (χ1n) is 6.63. The van der Waals surface area contributed by atoms with Gasteiger partial charge in [0.05, 0.1) is 5.69 Å². The van der Waals surface area contributed by atoms with Crippen molar-refractivity contribution in [1.29, 1.82) is 0 Å². The second-order valence-electron chi connectivity index (χ2n) is 4.77. The van der Waals surface area contributed by atoms with Crippen LogP contribution >= 0.6 is 0 Å². The van der Waals surface area contributed by atoms with Gasteiger partial charge in [-0.05, 0) is 6.07 Å². The molecule has 1 aliphatic heterocycles. The molecule has 2 rings (SSSR count). The number of aldehydes is 1. The fourth-order valence-corrected chi connectivity index (χ4v) is 2.39. The van der Waals surface area contributed by atoms with E-state index in [1.54, 1.807) is 31.2 Å². The van der Waals surface area contributed by atoms with Crippen LogP contribution in [0.1, 0.15) is 18.9 Å². The minimum atomic E-state index is -1.49. The molecule has 1 amide bonds. The lowest BCUT2D eigenvalue weighted by molar-refractivity contribution is -0.147. The molecule has 1 unspecified atom stereocenters. The van der Waals surface area contributed by atoms with Crippen molar-refractivity contribution in [2.75, 3.05) is 25.3 Å². The summed E-state index contributed by atoms with van der Waals surface area (Å²) in [4.78, 5) is 37.0. The number of methoxy groups -OCH3 is 1. The van der Waals surface area contributed by atoms with E-state index in [0.717, 1.165) is 0 Å². The molecule has 0 saturated heterocycles. The SMILES string of the molecule is CCC(=O)OCC1(C=O)C(=O)N(COC)c2ccccc21. The maximum atomic E-state index is 12.6. The smallest absolute Gasteiger partial charge is 0.305 e. The number of carbonyl (C=O) groups is 3. The van der Waals surface area contributed by atoms with Crippen molar-refractivity contribution >= 4 is 23.9 Å². The van der Waals surface area contributed by atoms with Crippen LogP contribution in [0, 0.1) is 0 Å². The highest BCUT2D eigenvalue weighted by molar-refractivity contribution is 6.17. The van der Waals surface area contributed by atoms with Crippen LogP contribution in [-0.4, -0.2) is 38.6 Å². The molecule has 0 saturated carbocycles. The predicted molar refractivity (Wildman–Crippen MR) is 74.8 cm³/mol. The van der Waals surface area contributed by atoms with Crippen LogP contribution in [0.15, 0.2) is 24.3 Å². The number of hydrogen-bond acceptors (Lipinski definition) is 5. The highest BCUT2D eigenvalue weighted by Crippen LogP contribution is 2.40. The van der Waals surface area contributed by atoms with Crippen LogP contribution in [0.2, 0.25) is 0 Å². The molecule has 0 aliphatic carbocycles. The number of rotatable bonds is 6. The summed E-state index contributed by atoms with van der Waals surface area (Å²) in [7, 11) is 1.47. The molecule has 1 aromatic carbocycles. The average molecular weight is 291 g/mol. The Balaban J connectivity index is 2.43. The van der Waals surface area contributed by atoms with Crippen LogP contribution in [0.4, 0.5) is 5.69 Å². The Morgan fingerprint density at radius 1 is 1.38 bits per heavy atom. The molecule has 21 heavy (non-hydrogen) atoms. The van der Waals surface area contributed by atoms with Crippen molar-refractivity contribution in [3.8, 4) is 0 Å². The molecule has 0 radical (unpaired) electrons. The Labute approximate surface area is 122 Å². The molecule has 112 valence electrons. The van der Waals surface area contributed by atoms with E-state index >= 15 is 0 Å². The lowest BCUT2D eigenvalue weighted by atomic mass is 9.84. The quantitative estimate of drug-likeness (QED) is 0.444. The lowest BCUT2D eigenvalue weighted by Crippen LogP contribution is -2.46. The largest absolute Gasteiger partial charge is 0.464 e. The summed E-state index contributed by atoms with van der Waals surface area (Å²) < 4.78 is 10.1. The highest BCUT2D eigenvalue weighted by Gasteiger charge is 2.52. The van der Waals surface area contributed by atoms with Crippen LogP contribution in [0.25, 0.3) is 0 Å². The van der Waals surface area contributed by atoms with Crippen molar-refractivity contribution in [2.24, 2.45) is 0 Å². The van der Waals surface area contributed by atoms with Gasteiger partial charge in [0.15, 0.2) is 5.41 Å². The zero-order valence-electron chi connectivity index (χ0n) is 12.0. The highest BCUT2D eigenvalue weighted by atomic mass is 16.5.